The summed E-state index contributed by atoms with van der Waals surface area (Å²) in [7, 11) is 0. The molecule has 0 saturated carbocycles. The zero-order chi connectivity index (χ0) is 14.4. The van der Waals surface area contributed by atoms with Crippen molar-refractivity contribution in [2.24, 2.45) is 0 Å². The SMILES string of the molecule is C#CC1CCc2cc3c(cnn3C3CCCCO3)c(Br)c21. The second-order valence-corrected chi connectivity index (χ2v) is 6.66. The Kier molecular flexibility index (Phi) is 3.28. The highest BCUT2D eigenvalue weighted by atomic mass is 79.9. The minimum Gasteiger partial charge on any atom is -0.356 e. The molecule has 0 radical (unpaired) electrons. The third kappa shape index (κ3) is 2.03. The van der Waals surface area contributed by atoms with E-state index in [1.165, 1.54) is 17.5 Å². The molecule has 1 fully saturated rings. The van der Waals surface area contributed by atoms with E-state index in [-0.39, 0.29) is 12.1 Å². The van der Waals surface area contributed by atoms with Crippen molar-refractivity contribution in [3.8, 4) is 12.3 Å². The lowest BCUT2D eigenvalue weighted by Crippen LogP contribution is -2.19. The summed E-state index contributed by atoms with van der Waals surface area (Å²) in [5, 5.41) is 5.72. The molecule has 21 heavy (non-hydrogen) atoms. The summed E-state index contributed by atoms with van der Waals surface area (Å²) < 4.78 is 9.05. The standard InChI is InChI=1S/C17H17BrN2O/c1-2-11-6-7-12-9-14-13(17(18)16(11)12)10-19-20(14)15-5-3-4-8-21-15/h1,9-11,15H,3-8H2. The lowest BCUT2D eigenvalue weighted by molar-refractivity contribution is -0.0366. The third-order valence-electron chi connectivity index (χ3n) is 4.64. The molecule has 2 aromatic rings. The van der Waals surface area contributed by atoms with Gasteiger partial charge >= 0.3 is 0 Å². The minimum absolute atomic E-state index is 0.0750. The van der Waals surface area contributed by atoms with Crippen molar-refractivity contribution in [3.05, 3.63) is 27.9 Å². The Bertz CT molecular complexity index is 737. The average Bonchev–Trinajstić information content (AvgIpc) is 3.12. The molecule has 1 aliphatic carbocycles. The summed E-state index contributed by atoms with van der Waals surface area (Å²) in [6, 6.07) is 2.26. The van der Waals surface area contributed by atoms with Gasteiger partial charge < -0.3 is 4.74 Å². The van der Waals surface area contributed by atoms with Gasteiger partial charge in [-0.15, -0.1) is 6.42 Å². The van der Waals surface area contributed by atoms with E-state index in [1.807, 2.05) is 10.9 Å². The van der Waals surface area contributed by atoms with Gasteiger partial charge in [0.1, 0.15) is 0 Å². The van der Waals surface area contributed by atoms with E-state index in [0.29, 0.717) is 0 Å². The van der Waals surface area contributed by atoms with Gasteiger partial charge in [0.25, 0.3) is 0 Å². The monoisotopic (exact) mass is 344 g/mol. The maximum atomic E-state index is 5.88. The van der Waals surface area contributed by atoms with Gasteiger partial charge in [-0.2, -0.15) is 5.10 Å². The molecule has 0 N–H and O–H groups in total. The van der Waals surface area contributed by atoms with Gasteiger partial charge in [-0.05, 0) is 65.2 Å². The van der Waals surface area contributed by atoms with Gasteiger partial charge in [-0.25, -0.2) is 4.68 Å². The quantitative estimate of drug-likeness (QED) is 0.726. The van der Waals surface area contributed by atoms with E-state index in [9.17, 15) is 0 Å². The summed E-state index contributed by atoms with van der Waals surface area (Å²) in [5.74, 6) is 3.14. The van der Waals surface area contributed by atoms with Crippen LogP contribution in [0.3, 0.4) is 0 Å². The van der Waals surface area contributed by atoms with Crippen molar-refractivity contribution < 1.29 is 4.74 Å². The number of aryl methyl sites for hydroxylation is 1. The van der Waals surface area contributed by atoms with Crippen molar-refractivity contribution >= 4 is 26.8 Å². The molecule has 4 rings (SSSR count). The van der Waals surface area contributed by atoms with Crippen LogP contribution in [-0.2, 0) is 11.2 Å². The first kappa shape index (κ1) is 13.4. The van der Waals surface area contributed by atoms with Gasteiger partial charge in [0, 0.05) is 22.4 Å². The molecule has 2 atom stereocenters. The van der Waals surface area contributed by atoms with Crippen molar-refractivity contribution in [1.82, 2.24) is 9.78 Å². The highest BCUT2D eigenvalue weighted by Gasteiger charge is 2.27. The van der Waals surface area contributed by atoms with Crippen molar-refractivity contribution in [1.29, 1.82) is 0 Å². The minimum atomic E-state index is 0.0750. The van der Waals surface area contributed by atoms with Crippen LogP contribution in [0.5, 0.6) is 0 Å². The molecule has 1 aromatic carbocycles. The Morgan fingerprint density at radius 1 is 1.38 bits per heavy atom. The largest absolute Gasteiger partial charge is 0.356 e. The third-order valence-corrected chi connectivity index (χ3v) is 5.50. The van der Waals surface area contributed by atoms with E-state index < -0.39 is 0 Å². The molecule has 2 aliphatic rings. The van der Waals surface area contributed by atoms with Gasteiger partial charge in [0.05, 0.1) is 11.7 Å². The molecule has 1 saturated heterocycles. The number of fused-ring (bicyclic) bond motifs is 2. The zero-order valence-electron chi connectivity index (χ0n) is 11.8. The first-order valence-corrected chi connectivity index (χ1v) is 8.35. The predicted molar refractivity (Wildman–Crippen MR) is 86.2 cm³/mol. The molecule has 0 amide bonds. The molecule has 0 spiro atoms. The summed E-state index contributed by atoms with van der Waals surface area (Å²) >= 11 is 3.76. The van der Waals surface area contributed by atoms with Crippen LogP contribution in [0.2, 0.25) is 0 Å². The number of aromatic nitrogens is 2. The van der Waals surface area contributed by atoms with Crippen LogP contribution in [0.4, 0.5) is 0 Å². The number of terminal acetylenes is 1. The van der Waals surface area contributed by atoms with Gasteiger partial charge in [0.15, 0.2) is 6.23 Å². The molecular formula is C17H17BrN2O. The Balaban J connectivity index is 1.86. The van der Waals surface area contributed by atoms with Gasteiger partial charge in [0.2, 0.25) is 0 Å². The fraction of sp³-hybridized carbons (Fsp3) is 0.471. The fourth-order valence-electron chi connectivity index (χ4n) is 3.55. The van der Waals surface area contributed by atoms with Crippen molar-refractivity contribution in [3.63, 3.8) is 0 Å². The van der Waals surface area contributed by atoms with Crippen LogP contribution in [0, 0.1) is 12.3 Å². The Morgan fingerprint density at radius 2 is 2.29 bits per heavy atom. The summed E-state index contributed by atoms with van der Waals surface area (Å²) in [6.45, 7) is 0.831. The van der Waals surface area contributed by atoms with Crippen LogP contribution in [0.1, 0.15) is 49.0 Å². The van der Waals surface area contributed by atoms with E-state index in [1.54, 1.807) is 0 Å². The fourth-order valence-corrected chi connectivity index (χ4v) is 4.39. The molecule has 0 bridgehead atoms. The number of ether oxygens (including phenoxy) is 1. The van der Waals surface area contributed by atoms with Crippen molar-refractivity contribution in [2.75, 3.05) is 6.61 Å². The number of benzene rings is 1. The number of halogens is 1. The summed E-state index contributed by atoms with van der Waals surface area (Å²) in [5.41, 5.74) is 3.80. The van der Waals surface area contributed by atoms with Crippen LogP contribution in [0.15, 0.2) is 16.7 Å². The number of hydrogen-bond donors (Lipinski definition) is 0. The molecule has 2 heterocycles. The predicted octanol–water partition coefficient (Wildman–Crippen LogP) is 4.16. The maximum Gasteiger partial charge on any atom is 0.150 e. The summed E-state index contributed by atoms with van der Waals surface area (Å²) in [4.78, 5) is 0. The lowest BCUT2D eigenvalue weighted by Gasteiger charge is -2.23. The molecule has 1 aliphatic heterocycles. The molecule has 108 valence electrons. The zero-order valence-corrected chi connectivity index (χ0v) is 13.4. The maximum absolute atomic E-state index is 5.88. The normalized spacial score (nSPS) is 25.0. The molecule has 4 heteroatoms. The molecule has 2 unspecified atom stereocenters. The lowest BCUT2D eigenvalue weighted by atomic mass is 10.0. The average molecular weight is 345 g/mol. The first-order valence-electron chi connectivity index (χ1n) is 7.56. The number of hydrogen-bond acceptors (Lipinski definition) is 2. The number of rotatable bonds is 1. The van der Waals surface area contributed by atoms with Crippen molar-refractivity contribution in [2.45, 2.75) is 44.2 Å². The molecule has 3 nitrogen and oxygen atoms in total. The second kappa shape index (κ2) is 5.15. The van der Waals surface area contributed by atoms with E-state index >= 15 is 0 Å². The Hall–Kier alpha value is -1.31. The highest BCUT2D eigenvalue weighted by Crippen LogP contribution is 2.42. The first-order chi connectivity index (χ1) is 10.3. The van der Waals surface area contributed by atoms with E-state index in [4.69, 9.17) is 11.2 Å². The second-order valence-electron chi connectivity index (χ2n) is 5.86. The van der Waals surface area contributed by atoms with Crippen LogP contribution in [-0.4, -0.2) is 16.4 Å². The van der Waals surface area contributed by atoms with Crippen LogP contribution < -0.4 is 0 Å². The van der Waals surface area contributed by atoms with Gasteiger partial charge in [-0.3, -0.25) is 0 Å². The van der Waals surface area contributed by atoms with Gasteiger partial charge in [-0.1, -0.05) is 5.92 Å². The van der Waals surface area contributed by atoms with Crippen LogP contribution >= 0.6 is 15.9 Å². The Morgan fingerprint density at radius 3 is 3.05 bits per heavy atom. The molecular weight excluding hydrogens is 328 g/mol. The van der Waals surface area contributed by atoms with Crippen LogP contribution in [0.25, 0.3) is 10.9 Å². The Labute approximate surface area is 132 Å². The van der Waals surface area contributed by atoms with E-state index in [2.05, 4.69) is 33.0 Å². The number of nitrogens with zero attached hydrogens (tertiary/aromatic N) is 2. The topological polar surface area (TPSA) is 27.1 Å². The van der Waals surface area contributed by atoms with E-state index in [0.717, 1.165) is 47.7 Å². The highest BCUT2D eigenvalue weighted by molar-refractivity contribution is 9.10. The summed E-state index contributed by atoms with van der Waals surface area (Å²) in [6.07, 6.45) is 13.2. The smallest absolute Gasteiger partial charge is 0.150 e. The molecule has 1 aromatic heterocycles.